The van der Waals surface area contributed by atoms with Gasteiger partial charge in [-0.05, 0) is 59.2 Å². The molecule has 0 spiro atoms. The van der Waals surface area contributed by atoms with Crippen LogP contribution in [-0.4, -0.2) is 24.1 Å². The highest BCUT2D eigenvalue weighted by molar-refractivity contribution is 7.26. The summed E-state index contributed by atoms with van der Waals surface area (Å²) in [4.78, 5) is 16.3. The minimum atomic E-state index is 0.610. The van der Waals surface area contributed by atoms with Crippen molar-refractivity contribution in [1.82, 2.24) is 24.1 Å². The molecule has 4 aromatic heterocycles. The summed E-state index contributed by atoms with van der Waals surface area (Å²) in [5.41, 5.74) is 14.1. The van der Waals surface area contributed by atoms with Gasteiger partial charge in [0.05, 0.1) is 33.4 Å². The summed E-state index contributed by atoms with van der Waals surface area (Å²) in [5.74, 6) is 1.87. The molecule has 0 saturated carbocycles. The maximum absolute atomic E-state index is 5.53. The molecule has 69 heavy (non-hydrogen) atoms. The van der Waals surface area contributed by atoms with Crippen molar-refractivity contribution in [2.75, 3.05) is 0 Å². The highest BCUT2D eigenvalue weighted by Gasteiger charge is 2.25. The first-order valence-electron chi connectivity index (χ1n) is 23.3. The van der Waals surface area contributed by atoms with Gasteiger partial charge >= 0.3 is 0 Å². The summed E-state index contributed by atoms with van der Waals surface area (Å²) in [6, 6.07) is 84.4. The Labute approximate surface area is 401 Å². The summed E-state index contributed by atoms with van der Waals surface area (Å²) in [6.07, 6.45) is 0. The van der Waals surface area contributed by atoms with Crippen LogP contribution in [0.2, 0.25) is 0 Å². The minimum Gasteiger partial charge on any atom is -0.307 e. The lowest BCUT2D eigenvalue weighted by Gasteiger charge is -2.18. The van der Waals surface area contributed by atoms with Crippen LogP contribution in [0.25, 0.3) is 132 Å². The summed E-state index contributed by atoms with van der Waals surface area (Å²) >= 11 is 1.80. The Morgan fingerprint density at radius 1 is 0.290 bits per heavy atom. The van der Waals surface area contributed by atoms with Gasteiger partial charge < -0.3 is 9.13 Å². The second kappa shape index (κ2) is 15.8. The summed E-state index contributed by atoms with van der Waals surface area (Å²) in [5, 5.41) is 7.08. The number of fused-ring (bicyclic) bond motifs is 9. The van der Waals surface area contributed by atoms with Gasteiger partial charge in [0, 0.05) is 64.0 Å². The van der Waals surface area contributed by atoms with Crippen molar-refractivity contribution in [3.63, 3.8) is 0 Å². The maximum Gasteiger partial charge on any atom is 0.166 e. The summed E-state index contributed by atoms with van der Waals surface area (Å²) in [7, 11) is 0. The van der Waals surface area contributed by atoms with Crippen molar-refractivity contribution in [3.05, 3.63) is 237 Å². The molecule has 0 aliphatic rings. The van der Waals surface area contributed by atoms with Crippen LogP contribution in [0.4, 0.5) is 0 Å². The van der Waals surface area contributed by atoms with Crippen molar-refractivity contribution in [3.8, 4) is 67.8 Å². The smallest absolute Gasteiger partial charge is 0.166 e. The van der Waals surface area contributed by atoms with Gasteiger partial charge in [0.1, 0.15) is 0 Å². The van der Waals surface area contributed by atoms with E-state index in [0.717, 1.165) is 71.2 Å². The molecule has 4 heterocycles. The first-order chi connectivity index (χ1) is 34.3. The Bertz CT molecular complexity index is 4300. The zero-order valence-corrected chi connectivity index (χ0v) is 38.0. The van der Waals surface area contributed by atoms with E-state index in [1.54, 1.807) is 11.3 Å². The van der Waals surface area contributed by atoms with Crippen molar-refractivity contribution in [2.45, 2.75) is 0 Å². The average molecular weight is 898 g/mol. The summed E-state index contributed by atoms with van der Waals surface area (Å²) in [6.45, 7) is 0. The van der Waals surface area contributed by atoms with E-state index < -0.39 is 0 Å². The van der Waals surface area contributed by atoms with Crippen molar-refractivity contribution >= 4 is 75.1 Å². The van der Waals surface area contributed by atoms with E-state index in [0.29, 0.717) is 17.5 Å². The van der Waals surface area contributed by atoms with Gasteiger partial charge in [-0.1, -0.05) is 194 Å². The van der Waals surface area contributed by atoms with Gasteiger partial charge in [-0.15, -0.1) is 11.3 Å². The monoisotopic (exact) mass is 897 g/mol. The van der Waals surface area contributed by atoms with E-state index in [1.807, 2.05) is 18.2 Å². The quantitative estimate of drug-likeness (QED) is 0.160. The van der Waals surface area contributed by atoms with E-state index in [-0.39, 0.29) is 0 Å². The first kappa shape index (κ1) is 39.2. The highest BCUT2D eigenvalue weighted by atomic mass is 32.1. The average Bonchev–Trinajstić information content (AvgIpc) is 4.10. The van der Waals surface area contributed by atoms with Crippen molar-refractivity contribution in [2.24, 2.45) is 0 Å². The number of rotatable bonds is 7. The highest BCUT2D eigenvalue weighted by Crippen LogP contribution is 2.46. The van der Waals surface area contributed by atoms with Crippen LogP contribution in [-0.2, 0) is 0 Å². The van der Waals surface area contributed by atoms with E-state index in [9.17, 15) is 0 Å². The molecule has 0 amide bonds. The van der Waals surface area contributed by atoms with Crippen LogP contribution >= 0.6 is 11.3 Å². The molecule has 0 atom stereocenters. The van der Waals surface area contributed by atoms with Crippen LogP contribution in [0.5, 0.6) is 0 Å². The van der Waals surface area contributed by atoms with E-state index in [1.165, 1.54) is 42.9 Å². The molecule has 0 radical (unpaired) electrons. The molecule has 0 N–H and O–H groups in total. The van der Waals surface area contributed by atoms with Crippen molar-refractivity contribution < 1.29 is 0 Å². The molecule has 5 nitrogen and oxygen atoms in total. The SMILES string of the molecule is c1ccc(-c2nc(-c3cccc4c3sc3cccc(-c5ccccc5)c34)nc(-c3cccc4c5ccccc5n(-c5cccc6c7ccccc7n(-c7ccccc7-c7ccccc7)c56)c34)n2)cc1. The first-order valence-corrected chi connectivity index (χ1v) is 24.1. The number of para-hydroxylation sites is 5. The largest absolute Gasteiger partial charge is 0.307 e. The molecule has 0 aliphatic heterocycles. The fourth-order valence-corrected chi connectivity index (χ4v) is 11.9. The Balaban J connectivity index is 1.06. The summed E-state index contributed by atoms with van der Waals surface area (Å²) < 4.78 is 7.29. The van der Waals surface area contributed by atoms with Gasteiger partial charge in [0.15, 0.2) is 17.5 Å². The standard InChI is InChI=1S/C63H39N5S/c1-4-20-40(21-5-1)43-26-10-13-35-52(43)67-53-36-14-12-28-46(53)48-31-18-38-55(59(48)67)68-54-37-15-11-27-45(54)47-30-16-33-50(58(47)68)62-64-61(42-24-8-3-9-25-42)65-63(66-62)51-34-17-32-49-57-44(41-22-6-2-7-23-41)29-19-39-56(57)69-60(49)51/h1-39H. The van der Waals surface area contributed by atoms with E-state index in [2.05, 4.69) is 228 Å². The zero-order valence-electron chi connectivity index (χ0n) is 37.2. The number of hydrogen-bond donors (Lipinski definition) is 0. The molecule has 14 aromatic rings. The van der Waals surface area contributed by atoms with E-state index >= 15 is 0 Å². The lowest BCUT2D eigenvalue weighted by molar-refractivity contribution is 1.07. The number of benzene rings is 10. The topological polar surface area (TPSA) is 48.5 Å². The van der Waals surface area contributed by atoms with Crippen LogP contribution in [0.3, 0.4) is 0 Å². The molecule has 14 rings (SSSR count). The third-order valence-electron chi connectivity index (χ3n) is 13.6. The van der Waals surface area contributed by atoms with Crippen molar-refractivity contribution in [1.29, 1.82) is 0 Å². The second-order valence-corrected chi connectivity index (χ2v) is 18.5. The molecule has 0 fully saturated rings. The third kappa shape index (κ3) is 6.20. The Morgan fingerprint density at radius 2 is 0.739 bits per heavy atom. The number of aromatic nitrogens is 5. The molecular weight excluding hydrogens is 859 g/mol. The molecule has 6 heteroatoms. The predicted octanol–water partition coefficient (Wildman–Crippen LogP) is 16.8. The maximum atomic E-state index is 5.53. The van der Waals surface area contributed by atoms with Crippen LogP contribution in [0, 0.1) is 0 Å². The fourth-order valence-electron chi connectivity index (χ4n) is 10.6. The number of hydrogen-bond acceptors (Lipinski definition) is 4. The normalized spacial score (nSPS) is 11.8. The number of nitrogens with zero attached hydrogens (tertiary/aromatic N) is 5. The molecule has 0 unspecified atom stereocenters. The van der Waals surface area contributed by atoms with Gasteiger partial charge in [0.25, 0.3) is 0 Å². The molecule has 322 valence electrons. The van der Waals surface area contributed by atoms with Crippen LogP contribution in [0.15, 0.2) is 237 Å². The Hall–Kier alpha value is -8.97. The zero-order chi connectivity index (χ0) is 45.4. The van der Waals surface area contributed by atoms with Gasteiger partial charge in [-0.25, -0.2) is 15.0 Å². The third-order valence-corrected chi connectivity index (χ3v) is 14.8. The van der Waals surface area contributed by atoms with Gasteiger partial charge in [-0.3, -0.25) is 0 Å². The van der Waals surface area contributed by atoms with Crippen LogP contribution in [0.1, 0.15) is 0 Å². The lowest BCUT2D eigenvalue weighted by Crippen LogP contribution is -2.04. The Kier molecular flexibility index (Phi) is 9.00. The molecular formula is C63H39N5S. The molecule has 10 aromatic carbocycles. The molecule has 0 bridgehead atoms. The van der Waals surface area contributed by atoms with E-state index in [4.69, 9.17) is 15.0 Å². The second-order valence-electron chi connectivity index (χ2n) is 17.5. The fraction of sp³-hybridized carbons (Fsp3) is 0. The lowest BCUT2D eigenvalue weighted by atomic mass is 9.99. The molecule has 0 saturated heterocycles. The van der Waals surface area contributed by atoms with Gasteiger partial charge in [-0.2, -0.15) is 0 Å². The molecule has 0 aliphatic carbocycles. The predicted molar refractivity (Wildman–Crippen MR) is 289 cm³/mol. The van der Waals surface area contributed by atoms with Crippen LogP contribution < -0.4 is 0 Å². The Morgan fingerprint density at radius 3 is 1.45 bits per heavy atom. The minimum absolute atomic E-state index is 0.610. The van der Waals surface area contributed by atoms with Gasteiger partial charge in [0.2, 0.25) is 0 Å². The number of thiophene rings is 1.